The van der Waals surface area contributed by atoms with Gasteiger partial charge in [0, 0.05) is 29.6 Å². The zero-order chi connectivity index (χ0) is 21.6. The van der Waals surface area contributed by atoms with Gasteiger partial charge >= 0.3 is 5.97 Å². The molecule has 1 aliphatic carbocycles. The van der Waals surface area contributed by atoms with Gasteiger partial charge in [-0.05, 0) is 43.9 Å². The molecule has 1 amide bonds. The number of anilines is 1. The Morgan fingerprint density at radius 1 is 1.19 bits per heavy atom. The average molecular weight is 422 g/mol. The Kier molecular flexibility index (Phi) is 4.37. The lowest BCUT2D eigenvalue weighted by molar-refractivity contribution is -0.144. The molecular weight excluding hydrogens is 403 g/mol. The number of hydrogen-bond donors (Lipinski definition) is 3. The Hall–Kier alpha value is -3.59. The van der Waals surface area contributed by atoms with Crippen LogP contribution in [0.1, 0.15) is 41.6 Å². The monoisotopic (exact) mass is 422 g/mol. The first-order valence-electron chi connectivity index (χ1n) is 9.92. The van der Waals surface area contributed by atoms with Crippen LogP contribution in [0.4, 0.5) is 10.2 Å². The van der Waals surface area contributed by atoms with Crippen LogP contribution in [0.2, 0.25) is 0 Å². The van der Waals surface area contributed by atoms with E-state index in [0.29, 0.717) is 35.2 Å². The van der Waals surface area contributed by atoms with Gasteiger partial charge in [-0.3, -0.25) is 14.9 Å². The number of fused-ring (bicyclic) bond motifs is 2. The molecule has 1 aromatic carbocycles. The minimum atomic E-state index is -1.62. The summed E-state index contributed by atoms with van der Waals surface area (Å²) >= 11 is 0. The number of esters is 1. The van der Waals surface area contributed by atoms with E-state index in [4.69, 9.17) is 4.74 Å². The first-order valence-corrected chi connectivity index (χ1v) is 9.92. The Morgan fingerprint density at radius 3 is 2.77 bits per heavy atom. The Morgan fingerprint density at radius 2 is 2.00 bits per heavy atom. The van der Waals surface area contributed by atoms with Crippen LogP contribution in [0.25, 0.3) is 11.3 Å². The number of carbonyl (C=O) groups is 2. The van der Waals surface area contributed by atoms with E-state index in [2.05, 4.69) is 20.5 Å². The highest BCUT2D eigenvalue weighted by atomic mass is 19.1. The van der Waals surface area contributed by atoms with E-state index in [-0.39, 0.29) is 24.5 Å². The molecule has 3 aromatic rings. The fourth-order valence-corrected chi connectivity index (χ4v) is 4.31. The number of aliphatic hydroxyl groups is 1. The highest BCUT2D eigenvalue weighted by Crippen LogP contribution is 2.49. The van der Waals surface area contributed by atoms with Crippen molar-refractivity contribution in [3.63, 3.8) is 0 Å². The number of H-pyrrole nitrogens is 1. The lowest BCUT2D eigenvalue weighted by Crippen LogP contribution is -2.49. The molecule has 2 aliphatic rings. The summed E-state index contributed by atoms with van der Waals surface area (Å²) in [5.74, 6) is -1.16. The van der Waals surface area contributed by atoms with Gasteiger partial charge in [0.25, 0.3) is 5.91 Å². The molecule has 1 saturated carbocycles. The fraction of sp³-hybridized carbons (Fsp3) is 0.273. The molecular formula is C22H19FN4O4. The third-order valence-electron chi connectivity index (χ3n) is 6.08. The summed E-state index contributed by atoms with van der Waals surface area (Å²) in [5.41, 5.74) is -0.182. The van der Waals surface area contributed by atoms with Gasteiger partial charge in [0.05, 0.1) is 11.3 Å². The van der Waals surface area contributed by atoms with Crippen molar-refractivity contribution in [1.82, 2.24) is 15.2 Å². The first kappa shape index (κ1) is 19.4. The standard InChI is InChI=1S/C22H19FN4O4/c23-14-3-1-2-13(10-14)17-11-18(27-26-17)25-20(29)21(30)5-7-22(8-6-21)16-12-24-9-4-15(16)19(28)31-22/h1-4,9-12,30H,5-8H2,(H2,25,26,27,29)/t21-,22+. The number of halogens is 1. The van der Waals surface area contributed by atoms with Crippen LogP contribution in [0, 0.1) is 5.82 Å². The molecule has 3 heterocycles. The van der Waals surface area contributed by atoms with Crippen LogP contribution >= 0.6 is 0 Å². The second-order valence-corrected chi connectivity index (χ2v) is 7.97. The maximum absolute atomic E-state index is 13.4. The van der Waals surface area contributed by atoms with Crippen LogP contribution < -0.4 is 5.32 Å². The van der Waals surface area contributed by atoms with Crippen molar-refractivity contribution in [3.8, 4) is 11.3 Å². The zero-order valence-corrected chi connectivity index (χ0v) is 16.4. The minimum absolute atomic E-state index is 0.113. The summed E-state index contributed by atoms with van der Waals surface area (Å²) in [7, 11) is 0. The summed E-state index contributed by atoms with van der Waals surface area (Å²) in [6.45, 7) is 0. The summed E-state index contributed by atoms with van der Waals surface area (Å²) in [6.07, 6.45) is 3.98. The van der Waals surface area contributed by atoms with E-state index < -0.39 is 23.1 Å². The molecule has 31 heavy (non-hydrogen) atoms. The number of carbonyl (C=O) groups excluding carboxylic acids is 2. The number of hydrogen-bond acceptors (Lipinski definition) is 6. The molecule has 0 radical (unpaired) electrons. The molecule has 1 fully saturated rings. The second-order valence-electron chi connectivity index (χ2n) is 7.97. The van der Waals surface area contributed by atoms with E-state index >= 15 is 0 Å². The summed E-state index contributed by atoms with van der Waals surface area (Å²) in [4.78, 5) is 29.1. The van der Waals surface area contributed by atoms with Gasteiger partial charge in [-0.25, -0.2) is 9.18 Å². The maximum Gasteiger partial charge on any atom is 0.339 e. The van der Waals surface area contributed by atoms with Crippen molar-refractivity contribution in [3.05, 3.63) is 65.7 Å². The second kappa shape index (κ2) is 6.98. The van der Waals surface area contributed by atoms with Crippen LogP contribution in [0.15, 0.2) is 48.8 Å². The van der Waals surface area contributed by atoms with Gasteiger partial charge in [0.1, 0.15) is 17.0 Å². The number of nitrogens with zero attached hydrogens (tertiary/aromatic N) is 2. The van der Waals surface area contributed by atoms with Crippen molar-refractivity contribution >= 4 is 17.7 Å². The fourth-order valence-electron chi connectivity index (χ4n) is 4.31. The number of aromatic nitrogens is 3. The van der Waals surface area contributed by atoms with E-state index in [9.17, 15) is 19.1 Å². The lowest BCUT2D eigenvalue weighted by Gasteiger charge is -2.40. The number of ether oxygens (including phenoxy) is 1. The molecule has 158 valence electrons. The topological polar surface area (TPSA) is 117 Å². The average Bonchev–Trinajstić information content (AvgIpc) is 3.34. The van der Waals surface area contributed by atoms with Gasteiger partial charge in [0.2, 0.25) is 0 Å². The van der Waals surface area contributed by atoms with Crippen molar-refractivity contribution in [2.24, 2.45) is 0 Å². The van der Waals surface area contributed by atoms with Gasteiger partial charge in [-0.2, -0.15) is 5.10 Å². The van der Waals surface area contributed by atoms with Gasteiger partial charge in [-0.15, -0.1) is 0 Å². The zero-order valence-electron chi connectivity index (χ0n) is 16.4. The predicted octanol–water partition coefficient (Wildman–Crippen LogP) is 2.92. The first-order chi connectivity index (χ1) is 14.9. The molecule has 0 atom stereocenters. The lowest BCUT2D eigenvalue weighted by atomic mass is 9.73. The van der Waals surface area contributed by atoms with Crippen LogP contribution in [-0.4, -0.2) is 37.8 Å². The molecule has 0 bridgehead atoms. The molecule has 3 N–H and O–H groups in total. The van der Waals surface area contributed by atoms with E-state index in [1.54, 1.807) is 30.5 Å². The molecule has 9 heteroatoms. The number of aromatic amines is 1. The third kappa shape index (κ3) is 3.27. The quantitative estimate of drug-likeness (QED) is 0.559. The highest BCUT2D eigenvalue weighted by molar-refractivity contribution is 5.97. The maximum atomic E-state index is 13.4. The molecule has 1 spiro atoms. The molecule has 2 aromatic heterocycles. The van der Waals surface area contributed by atoms with Crippen LogP contribution in [0.3, 0.4) is 0 Å². The van der Waals surface area contributed by atoms with Crippen LogP contribution in [0.5, 0.6) is 0 Å². The Balaban J connectivity index is 1.29. The Labute approximate surface area is 176 Å². The van der Waals surface area contributed by atoms with Crippen molar-refractivity contribution in [2.45, 2.75) is 36.9 Å². The largest absolute Gasteiger partial charge is 0.450 e. The normalized spacial score (nSPS) is 24.6. The van der Waals surface area contributed by atoms with Gasteiger partial charge in [-0.1, -0.05) is 12.1 Å². The number of benzene rings is 1. The Bertz CT molecular complexity index is 1180. The van der Waals surface area contributed by atoms with Crippen molar-refractivity contribution < 1.29 is 23.8 Å². The predicted molar refractivity (Wildman–Crippen MR) is 107 cm³/mol. The highest BCUT2D eigenvalue weighted by Gasteiger charge is 2.53. The molecule has 1 aliphatic heterocycles. The van der Waals surface area contributed by atoms with Crippen molar-refractivity contribution in [1.29, 1.82) is 0 Å². The third-order valence-corrected chi connectivity index (χ3v) is 6.08. The molecule has 5 rings (SSSR count). The summed E-state index contributed by atoms with van der Waals surface area (Å²) in [6, 6.07) is 9.17. The number of nitrogens with one attached hydrogen (secondary N) is 2. The van der Waals surface area contributed by atoms with Crippen LogP contribution in [-0.2, 0) is 15.1 Å². The molecule has 0 unspecified atom stereocenters. The molecule has 8 nitrogen and oxygen atoms in total. The van der Waals surface area contributed by atoms with E-state index in [1.165, 1.54) is 18.3 Å². The molecule has 0 saturated heterocycles. The van der Waals surface area contributed by atoms with Gasteiger partial charge < -0.3 is 15.2 Å². The minimum Gasteiger partial charge on any atom is -0.450 e. The summed E-state index contributed by atoms with van der Waals surface area (Å²) < 4.78 is 19.1. The SMILES string of the molecule is O=C1O[C@]2(CC[C@](O)(C(=O)Nc3cc(-c4cccc(F)c4)[nH]n3)CC2)c2cnccc21. The number of pyridine rings is 1. The summed E-state index contributed by atoms with van der Waals surface area (Å²) in [5, 5.41) is 20.4. The smallest absolute Gasteiger partial charge is 0.339 e. The van der Waals surface area contributed by atoms with E-state index in [0.717, 1.165) is 0 Å². The number of amides is 1. The van der Waals surface area contributed by atoms with E-state index in [1.807, 2.05) is 0 Å². The van der Waals surface area contributed by atoms with Crippen molar-refractivity contribution in [2.75, 3.05) is 5.32 Å². The number of rotatable bonds is 3. The van der Waals surface area contributed by atoms with Gasteiger partial charge in [0.15, 0.2) is 5.82 Å².